The first-order valence-corrected chi connectivity index (χ1v) is 5.41. The molecule has 7 nitrogen and oxygen atoms in total. The van der Waals surface area contributed by atoms with Crippen molar-refractivity contribution < 1.29 is 19.8 Å². The number of hydrogen-bond donors (Lipinski definition) is 4. The van der Waals surface area contributed by atoms with Gasteiger partial charge in [0, 0.05) is 31.9 Å². The number of aromatic nitrogens is 1. The number of aliphatic hydroxyl groups excluding tert-OH is 1. The van der Waals surface area contributed by atoms with E-state index < -0.39 is 18.1 Å². The summed E-state index contributed by atoms with van der Waals surface area (Å²) in [5.74, 6) is -1.30. The minimum Gasteiger partial charge on any atom is -0.479 e. The second-order valence-electron chi connectivity index (χ2n) is 3.61. The molecule has 0 aliphatic heterocycles. The zero-order valence-corrected chi connectivity index (χ0v) is 9.67. The summed E-state index contributed by atoms with van der Waals surface area (Å²) in [6.45, 7) is 0.450. The van der Waals surface area contributed by atoms with Gasteiger partial charge in [-0.25, -0.2) is 9.59 Å². The Hall–Kier alpha value is -2.15. The molecule has 0 aromatic carbocycles. The van der Waals surface area contributed by atoms with Crippen molar-refractivity contribution in [3.63, 3.8) is 0 Å². The lowest BCUT2D eigenvalue weighted by atomic mass is 10.2. The maximum atomic E-state index is 11.3. The number of carbonyl (C=O) groups excluding carboxylic acids is 1. The molecule has 0 saturated carbocycles. The largest absolute Gasteiger partial charge is 0.479 e. The van der Waals surface area contributed by atoms with Crippen LogP contribution < -0.4 is 10.6 Å². The highest BCUT2D eigenvalue weighted by Gasteiger charge is 2.12. The Balaban J connectivity index is 2.17. The van der Waals surface area contributed by atoms with Gasteiger partial charge in [0.05, 0.1) is 0 Å². The van der Waals surface area contributed by atoms with Gasteiger partial charge in [-0.05, 0) is 17.7 Å². The van der Waals surface area contributed by atoms with Crippen LogP contribution in [0.1, 0.15) is 12.0 Å². The number of carboxylic acids is 1. The predicted octanol–water partition coefficient (Wildman–Crippen LogP) is -0.284. The van der Waals surface area contributed by atoms with E-state index in [9.17, 15) is 9.59 Å². The normalized spacial score (nSPS) is 11.6. The average Bonchev–Trinajstić information content (AvgIpc) is 2.37. The third-order valence-corrected chi connectivity index (χ3v) is 2.19. The Kier molecular flexibility index (Phi) is 5.59. The molecule has 1 atom stereocenters. The SMILES string of the molecule is O=C(NCCC(O)C(=O)O)NCc1ccncc1. The van der Waals surface area contributed by atoms with Crippen LogP contribution in [0.5, 0.6) is 0 Å². The van der Waals surface area contributed by atoms with Crippen molar-refractivity contribution in [2.75, 3.05) is 6.54 Å². The number of carboxylic acid groups (broad SMARTS) is 1. The van der Waals surface area contributed by atoms with E-state index in [0.29, 0.717) is 6.54 Å². The lowest BCUT2D eigenvalue weighted by molar-refractivity contribution is -0.146. The highest BCUT2D eigenvalue weighted by atomic mass is 16.4. The van der Waals surface area contributed by atoms with E-state index in [1.807, 2.05) is 0 Å². The Bertz CT molecular complexity index is 397. The van der Waals surface area contributed by atoms with Crippen molar-refractivity contribution in [2.24, 2.45) is 0 Å². The van der Waals surface area contributed by atoms with Crippen LogP contribution in [0.15, 0.2) is 24.5 Å². The van der Waals surface area contributed by atoms with Gasteiger partial charge < -0.3 is 20.8 Å². The molecule has 98 valence electrons. The minimum absolute atomic E-state index is 0.0298. The number of nitrogens with zero attached hydrogens (tertiary/aromatic N) is 1. The number of urea groups is 1. The van der Waals surface area contributed by atoms with E-state index in [0.717, 1.165) is 5.56 Å². The van der Waals surface area contributed by atoms with Crippen LogP contribution in [-0.2, 0) is 11.3 Å². The topological polar surface area (TPSA) is 112 Å². The fraction of sp³-hybridized carbons (Fsp3) is 0.364. The second-order valence-corrected chi connectivity index (χ2v) is 3.61. The Labute approximate surface area is 104 Å². The molecule has 1 aromatic heterocycles. The number of rotatable bonds is 6. The first kappa shape index (κ1) is 13.9. The summed E-state index contributed by atoms with van der Waals surface area (Å²) in [5.41, 5.74) is 0.908. The van der Waals surface area contributed by atoms with Crippen molar-refractivity contribution in [1.29, 1.82) is 0 Å². The molecule has 0 spiro atoms. The zero-order valence-electron chi connectivity index (χ0n) is 9.67. The first-order chi connectivity index (χ1) is 8.59. The number of amides is 2. The number of nitrogens with one attached hydrogen (secondary N) is 2. The third-order valence-electron chi connectivity index (χ3n) is 2.19. The summed E-state index contributed by atoms with van der Waals surface area (Å²) in [4.78, 5) is 25.4. The van der Waals surface area contributed by atoms with Crippen LogP contribution in [-0.4, -0.2) is 39.8 Å². The molecule has 1 rings (SSSR count). The van der Waals surface area contributed by atoms with Gasteiger partial charge in [-0.2, -0.15) is 0 Å². The summed E-state index contributed by atoms with van der Waals surface area (Å²) in [6, 6.07) is 3.13. The van der Waals surface area contributed by atoms with Gasteiger partial charge in [-0.3, -0.25) is 4.98 Å². The Morgan fingerprint density at radius 1 is 1.28 bits per heavy atom. The summed E-state index contributed by atoms with van der Waals surface area (Å²) < 4.78 is 0. The number of aliphatic hydroxyl groups is 1. The van der Waals surface area contributed by atoms with Gasteiger partial charge in [-0.1, -0.05) is 0 Å². The van der Waals surface area contributed by atoms with Crippen LogP contribution in [0, 0.1) is 0 Å². The van der Waals surface area contributed by atoms with Crippen molar-refractivity contribution in [2.45, 2.75) is 19.1 Å². The molecule has 0 fully saturated rings. The zero-order chi connectivity index (χ0) is 13.4. The van der Waals surface area contributed by atoms with E-state index in [1.165, 1.54) is 0 Å². The van der Waals surface area contributed by atoms with Crippen LogP contribution in [0.2, 0.25) is 0 Å². The molecular weight excluding hydrogens is 238 g/mol. The predicted molar refractivity (Wildman–Crippen MR) is 62.7 cm³/mol. The van der Waals surface area contributed by atoms with E-state index >= 15 is 0 Å². The fourth-order valence-electron chi connectivity index (χ4n) is 1.19. The number of carbonyl (C=O) groups is 2. The molecule has 0 radical (unpaired) electrons. The molecule has 0 bridgehead atoms. The van der Waals surface area contributed by atoms with E-state index in [4.69, 9.17) is 10.2 Å². The monoisotopic (exact) mass is 253 g/mol. The fourth-order valence-corrected chi connectivity index (χ4v) is 1.19. The molecule has 0 saturated heterocycles. The van der Waals surface area contributed by atoms with Gasteiger partial charge in [0.1, 0.15) is 0 Å². The second kappa shape index (κ2) is 7.23. The van der Waals surface area contributed by atoms with Crippen LogP contribution in [0.4, 0.5) is 4.79 Å². The minimum atomic E-state index is -1.45. The average molecular weight is 253 g/mol. The van der Waals surface area contributed by atoms with Gasteiger partial charge in [-0.15, -0.1) is 0 Å². The highest BCUT2D eigenvalue weighted by molar-refractivity contribution is 5.74. The van der Waals surface area contributed by atoms with Gasteiger partial charge >= 0.3 is 12.0 Å². The Morgan fingerprint density at radius 2 is 1.94 bits per heavy atom. The summed E-state index contributed by atoms with van der Waals surface area (Å²) in [5, 5.41) is 22.4. The molecule has 1 unspecified atom stereocenters. The van der Waals surface area contributed by atoms with Crippen molar-refractivity contribution in [3.8, 4) is 0 Å². The van der Waals surface area contributed by atoms with E-state index in [1.54, 1.807) is 24.5 Å². The summed E-state index contributed by atoms with van der Waals surface area (Å²) >= 11 is 0. The smallest absolute Gasteiger partial charge is 0.332 e. The first-order valence-electron chi connectivity index (χ1n) is 5.41. The molecular formula is C11H15N3O4. The molecule has 0 aliphatic carbocycles. The lowest BCUT2D eigenvalue weighted by Gasteiger charge is -2.08. The number of pyridine rings is 1. The van der Waals surface area contributed by atoms with Crippen LogP contribution in [0.3, 0.4) is 0 Å². The molecule has 2 amide bonds. The highest BCUT2D eigenvalue weighted by Crippen LogP contribution is 1.94. The maximum absolute atomic E-state index is 11.3. The quantitative estimate of drug-likeness (QED) is 0.557. The molecule has 18 heavy (non-hydrogen) atoms. The molecule has 1 heterocycles. The van der Waals surface area contributed by atoms with Crippen molar-refractivity contribution >= 4 is 12.0 Å². The third kappa shape index (κ3) is 5.26. The van der Waals surface area contributed by atoms with Crippen molar-refractivity contribution in [3.05, 3.63) is 30.1 Å². The van der Waals surface area contributed by atoms with Crippen LogP contribution in [0.25, 0.3) is 0 Å². The Morgan fingerprint density at radius 3 is 2.56 bits per heavy atom. The van der Waals surface area contributed by atoms with Gasteiger partial charge in [0.2, 0.25) is 0 Å². The standard InChI is InChI=1S/C11H15N3O4/c15-9(10(16)17)3-6-13-11(18)14-7-8-1-4-12-5-2-8/h1-2,4-5,9,15H,3,6-7H2,(H,16,17)(H2,13,14,18). The number of hydrogen-bond acceptors (Lipinski definition) is 4. The van der Waals surface area contributed by atoms with E-state index in [2.05, 4.69) is 15.6 Å². The number of aliphatic carboxylic acids is 1. The van der Waals surface area contributed by atoms with Gasteiger partial charge in [0.15, 0.2) is 6.10 Å². The van der Waals surface area contributed by atoms with Crippen LogP contribution >= 0.6 is 0 Å². The summed E-state index contributed by atoms with van der Waals surface area (Å²) in [7, 11) is 0. The summed E-state index contributed by atoms with van der Waals surface area (Å²) in [6.07, 6.45) is 1.76. The van der Waals surface area contributed by atoms with Crippen molar-refractivity contribution in [1.82, 2.24) is 15.6 Å². The molecule has 0 aliphatic rings. The van der Waals surface area contributed by atoms with E-state index in [-0.39, 0.29) is 13.0 Å². The molecule has 7 heteroatoms. The lowest BCUT2D eigenvalue weighted by Crippen LogP contribution is -2.37. The maximum Gasteiger partial charge on any atom is 0.332 e. The molecule has 1 aromatic rings. The molecule has 4 N–H and O–H groups in total. The van der Waals surface area contributed by atoms with Gasteiger partial charge in [0.25, 0.3) is 0 Å².